The molecular weight excluding hydrogens is 414 g/mol. The van der Waals surface area contributed by atoms with Crippen LogP contribution in [0.5, 0.6) is 0 Å². The Bertz CT molecular complexity index is 546. The van der Waals surface area contributed by atoms with Crippen molar-refractivity contribution >= 4 is 43.6 Å². The first-order valence-electron chi connectivity index (χ1n) is 7.30. The zero-order chi connectivity index (χ0) is 16.3. The van der Waals surface area contributed by atoms with E-state index in [1.807, 2.05) is 33.0 Å². The van der Waals surface area contributed by atoms with Crippen LogP contribution in [-0.2, 0) is 4.74 Å². The Labute approximate surface area is 148 Å². The van der Waals surface area contributed by atoms with Gasteiger partial charge in [0.1, 0.15) is 10.2 Å². The van der Waals surface area contributed by atoms with Crippen molar-refractivity contribution in [3.05, 3.63) is 21.3 Å². The zero-order valence-electron chi connectivity index (χ0n) is 13.1. The third-order valence-electron chi connectivity index (χ3n) is 3.29. The van der Waals surface area contributed by atoms with Gasteiger partial charge in [-0.3, -0.25) is 0 Å². The van der Waals surface area contributed by atoms with Gasteiger partial charge in [-0.2, -0.15) is 0 Å². The van der Waals surface area contributed by atoms with Gasteiger partial charge < -0.3 is 14.5 Å². The molecule has 0 spiro atoms. The average molecular weight is 435 g/mol. The highest BCUT2D eigenvalue weighted by molar-refractivity contribution is 9.13. The molecule has 0 bridgehead atoms. The van der Waals surface area contributed by atoms with Crippen LogP contribution in [0.15, 0.2) is 21.3 Å². The molecule has 0 radical (unpaired) electrons. The van der Waals surface area contributed by atoms with E-state index >= 15 is 0 Å². The van der Waals surface area contributed by atoms with Crippen molar-refractivity contribution in [1.29, 1.82) is 0 Å². The van der Waals surface area contributed by atoms with Crippen LogP contribution in [0.4, 0.5) is 10.5 Å². The third-order valence-corrected chi connectivity index (χ3v) is 5.06. The number of aromatic nitrogens is 1. The number of ether oxygens (including phenoxy) is 1. The first-order valence-corrected chi connectivity index (χ1v) is 8.89. The lowest BCUT2D eigenvalue weighted by molar-refractivity contribution is 0.0263. The van der Waals surface area contributed by atoms with Gasteiger partial charge in [-0.25, -0.2) is 9.78 Å². The number of hydrogen-bond acceptors (Lipinski definition) is 4. The molecule has 0 N–H and O–H groups in total. The standard InChI is InChI=1S/C15H21Br2N3O2/c1-15(2,3)22-14(21)20-6-4-5-19(7-8-20)11-9-12(16)13(17)18-10-11/h9-10H,4-8H2,1-3H3. The molecule has 1 saturated heterocycles. The van der Waals surface area contributed by atoms with E-state index in [9.17, 15) is 4.79 Å². The van der Waals surface area contributed by atoms with Gasteiger partial charge in [0.05, 0.1) is 16.4 Å². The van der Waals surface area contributed by atoms with Crippen molar-refractivity contribution in [1.82, 2.24) is 9.88 Å². The van der Waals surface area contributed by atoms with Gasteiger partial charge in [0.15, 0.2) is 0 Å². The van der Waals surface area contributed by atoms with E-state index < -0.39 is 5.60 Å². The molecular formula is C15H21Br2N3O2. The summed E-state index contributed by atoms with van der Waals surface area (Å²) in [5.41, 5.74) is 0.602. The molecule has 2 rings (SSSR count). The lowest BCUT2D eigenvalue weighted by atomic mass is 10.2. The van der Waals surface area contributed by atoms with E-state index in [-0.39, 0.29) is 6.09 Å². The number of halogens is 2. The molecule has 2 heterocycles. The van der Waals surface area contributed by atoms with Gasteiger partial charge in [-0.1, -0.05) is 0 Å². The Kier molecular flexibility index (Phi) is 5.71. The predicted octanol–water partition coefficient (Wildman–Crippen LogP) is 4.05. The molecule has 7 heteroatoms. The second-order valence-electron chi connectivity index (χ2n) is 6.27. The first kappa shape index (κ1) is 17.5. The highest BCUT2D eigenvalue weighted by atomic mass is 79.9. The summed E-state index contributed by atoms with van der Waals surface area (Å²) in [4.78, 5) is 20.5. The minimum absolute atomic E-state index is 0.232. The van der Waals surface area contributed by atoms with Crippen LogP contribution >= 0.6 is 31.9 Å². The van der Waals surface area contributed by atoms with Crippen molar-refractivity contribution in [2.75, 3.05) is 31.1 Å². The molecule has 1 amide bonds. The highest BCUT2D eigenvalue weighted by Crippen LogP contribution is 2.26. The Morgan fingerprint density at radius 1 is 1.23 bits per heavy atom. The fraction of sp³-hybridized carbons (Fsp3) is 0.600. The van der Waals surface area contributed by atoms with Gasteiger partial charge in [-0.05, 0) is 65.1 Å². The first-order chi connectivity index (χ1) is 10.3. The maximum atomic E-state index is 12.2. The van der Waals surface area contributed by atoms with Crippen molar-refractivity contribution in [3.63, 3.8) is 0 Å². The van der Waals surface area contributed by atoms with Crippen LogP contribution in [-0.4, -0.2) is 47.8 Å². The smallest absolute Gasteiger partial charge is 0.410 e. The Hall–Kier alpha value is -0.820. The highest BCUT2D eigenvalue weighted by Gasteiger charge is 2.24. The average Bonchev–Trinajstić information content (AvgIpc) is 2.66. The number of nitrogens with zero attached hydrogens (tertiary/aromatic N) is 3. The summed E-state index contributed by atoms with van der Waals surface area (Å²) in [5.74, 6) is 0. The monoisotopic (exact) mass is 433 g/mol. The second kappa shape index (κ2) is 7.17. The molecule has 1 aromatic rings. The van der Waals surface area contributed by atoms with E-state index in [0.717, 1.165) is 40.8 Å². The second-order valence-corrected chi connectivity index (χ2v) is 7.88. The Morgan fingerprint density at radius 2 is 1.95 bits per heavy atom. The van der Waals surface area contributed by atoms with Crippen LogP contribution in [0, 0.1) is 0 Å². The molecule has 5 nitrogen and oxygen atoms in total. The normalized spacial score (nSPS) is 16.4. The maximum absolute atomic E-state index is 12.2. The fourth-order valence-electron chi connectivity index (χ4n) is 2.27. The number of amides is 1. The van der Waals surface area contributed by atoms with Gasteiger partial charge in [-0.15, -0.1) is 0 Å². The van der Waals surface area contributed by atoms with Gasteiger partial charge in [0.25, 0.3) is 0 Å². The lowest BCUT2D eigenvalue weighted by Crippen LogP contribution is -2.39. The third kappa shape index (κ3) is 4.84. The van der Waals surface area contributed by atoms with Crippen LogP contribution in [0.25, 0.3) is 0 Å². The summed E-state index contributed by atoms with van der Waals surface area (Å²) < 4.78 is 7.17. The molecule has 1 aliphatic rings. The zero-order valence-corrected chi connectivity index (χ0v) is 16.3. The minimum atomic E-state index is -0.455. The molecule has 0 unspecified atom stereocenters. The molecule has 1 aromatic heterocycles. The van der Waals surface area contributed by atoms with E-state index in [1.54, 1.807) is 4.90 Å². The number of pyridine rings is 1. The van der Waals surface area contributed by atoms with E-state index in [4.69, 9.17) is 4.74 Å². The summed E-state index contributed by atoms with van der Waals surface area (Å²) in [5, 5.41) is 0. The van der Waals surface area contributed by atoms with Crippen molar-refractivity contribution in [3.8, 4) is 0 Å². The minimum Gasteiger partial charge on any atom is -0.444 e. The molecule has 22 heavy (non-hydrogen) atoms. The number of rotatable bonds is 1. The number of carbonyl (C=O) groups excluding carboxylic acids is 1. The SMILES string of the molecule is CC(C)(C)OC(=O)N1CCCN(c2cnc(Br)c(Br)c2)CC1. The number of hydrogen-bond donors (Lipinski definition) is 0. The molecule has 1 aliphatic heterocycles. The summed E-state index contributed by atoms with van der Waals surface area (Å²) in [6.45, 7) is 8.71. The quantitative estimate of drug-likeness (QED) is 0.625. The lowest BCUT2D eigenvalue weighted by Gasteiger charge is -2.27. The molecule has 0 saturated carbocycles. The summed E-state index contributed by atoms with van der Waals surface area (Å²) >= 11 is 6.86. The Morgan fingerprint density at radius 3 is 2.59 bits per heavy atom. The molecule has 1 fully saturated rings. The topological polar surface area (TPSA) is 45.7 Å². The van der Waals surface area contributed by atoms with E-state index in [1.165, 1.54) is 0 Å². The van der Waals surface area contributed by atoms with Crippen molar-refractivity contribution in [2.24, 2.45) is 0 Å². The molecule has 0 atom stereocenters. The molecule has 122 valence electrons. The van der Waals surface area contributed by atoms with Crippen LogP contribution < -0.4 is 4.90 Å². The maximum Gasteiger partial charge on any atom is 0.410 e. The summed E-state index contributed by atoms with van der Waals surface area (Å²) in [6.07, 6.45) is 2.52. The summed E-state index contributed by atoms with van der Waals surface area (Å²) in [7, 11) is 0. The largest absolute Gasteiger partial charge is 0.444 e. The molecule has 0 aromatic carbocycles. The van der Waals surface area contributed by atoms with Crippen molar-refractivity contribution < 1.29 is 9.53 Å². The number of carbonyl (C=O) groups is 1. The van der Waals surface area contributed by atoms with Gasteiger partial charge in [0, 0.05) is 26.2 Å². The summed E-state index contributed by atoms with van der Waals surface area (Å²) in [6, 6.07) is 2.04. The van der Waals surface area contributed by atoms with E-state index in [2.05, 4.69) is 41.7 Å². The number of anilines is 1. The van der Waals surface area contributed by atoms with Crippen LogP contribution in [0.2, 0.25) is 0 Å². The van der Waals surface area contributed by atoms with Crippen molar-refractivity contribution in [2.45, 2.75) is 32.8 Å². The van der Waals surface area contributed by atoms with E-state index in [0.29, 0.717) is 6.54 Å². The van der Waals surface area contributed by atoms with Crippen LogP contribution in [0.1, 0.15) is 27.2 Å². The Balaban J connectivity index is 2.00. The molecule has 0 aliphatic carbocycles. The van der Waals surface area contributed by atoms with Gasteiger partial charge >= 0.3 is 6.09 Å². The predicted molar refractivity (Wildman–Crippen MR) is 94.3 cm³/mol. The fourth-order valence-corrected chi connectivity index (χ4v) is 2.82. The van der Waals surface area contributed by atoms with Gasteiger partial charge in [0.2, 0.25) is 0 Å². The van der Waals surface area contributed by atoms with Crippen LogP contribution in [0.3, 0.4) is 0 Å².